The minimum atomic E-state index is -4.08. The molecule has 3 aromatic rings. The maximum absolute atomic E-state index is 14.1. The van der Waals surface area contributed by atoms with Gasteiger partial charge in [-0.1, -0.05) is 78.6 Å². The predicted molar refractivity (Wildman–Crippen MR) is 158 cm³/mol. The number of benzene rings is 3. The first-order valence-electron chi connectivity index (χ1n) is 13.9. The van der Waals surface area contributed by atoms with Crippen molar-refractivity contribution in [2.45, 2.75) is 76.9 Å². The third-order valence-corrected chi connectivity index (χ3v) is 9.35. The number of hydrogen-bond acceptors (Lipinski definition) is 4. The summed E-state index contributed by atoms with van der Waals surface area (Å²) in [4.78, 5) is 29.0. The number of amides is 2. The first kappa shape index (κ1) is 29.3. The molecule has 0 bridgehead atoms. The first-order valence-corrected chi connectivity index (χ1v) is 15.3. The molecule has 0 aromatic heterocycles. The van der Waals surface area contributed by atoms with E-state index in [2.05, 4.69) is 5.32 Å². The Morgan fingerprint density at radius 1 is 0.900 bits per heavy atom. The van der Waals surface area contributed by atoms with Gasteiger partial charge in [-0.15, -0.1) is 0 Å². The van der Waals surface area contributed by atoms with Gasteiger partial charge in [0.25, 0.3) is 10.0 Å². The molecule has 1 fully saturated rings. The number of hydrogen-bond donors (Lipinski definition) is 1. The van der Waals surface area contributed by atoms with E-state index in [1.54, 1.807) is 31.2 Å². The molecule has 1 atom stereocenters. The average molecular weight is 562 g/mol. The Hall–Kier alpha value is -3.65. The molecule has 7 nitrogen and oxygen atoms in total. The molecule has 0 saturated heterocycles. The summed E-state index contributed by atoms with van der Waals surface area (Å²) in [6.45, 7) is 7.22. The minimum absolute atomic E-state index is 0.0971. The van der Waals surface area contributed by atoms with Crippen molar-refractivity contribution in [1.82, 2.24) is 10.2 Å². The van der Waals surface area contributed by atoms with Crippen LogP contribution in [0.1, 0.15) is 54.9 Å². The molecule has 1 aliphatic rings. The number of nitrogens with zero attached hydrogens (tertiary/aromatic N) is 2. The number of rotatable bonds is 10. The van der Waals surface area contributed by atoms with Crippen molar-refractivity contribution in [3.05, 3.63) is 95.1 Å². The van der Waals surface area contributed by atoms with Crippen molar-refractivity contribution in [2.24, 2.45) is 0 Å². The molecule has 1 saturated carbocycles. The molecule has 0 aliphatic heterocycles. The SMILES string of the molecule is Cc1ccc(CN(C(=O)CN(c2ccc(C)cc2C)S(=O)(=O)c2ccccc2)[C@@H](C)C(=O)NC2CCCC2)cc1. The molecule has 0 radical (unpaired) electrons. The molecular weight excluding hydrogens is 522 g/mol. The fourth-order valence-electron chi connectivity index (χ4n) is 5.18. The zero-order valence-electron chi connectivity index (χ0n) is 23.8. The summed E-state index contributed by atoms with van der Waals surface area (Å²) in [5.41, 5.74) is 4.11. The Kier molecular flexibility index (Phi) is 9.30. The van der Waals surface area contributed by atoms with Crippen LogP contribution in [0.5, 0.6) is 0 Å². The van der Waals surface area contributed by atoms with Gasteiger partial charge in [-0.3, -0.25) is 13.9 Å². The van der Waals surface area contributed by atoms with Crippen molar-refractivity contribution in [2.75, 3.05) is 10.8 Å². The first-order chi connectivity index (χ1) is 19.1. The number of aryl methyl sites for hydroxylation is 3. The van der Waals surface area contributed by atoms with E-state index >= 15 is 0 Å². The van der Waals surface area contributed by atoms with E-state index in [0.717, 1.165) is 47.9 Å². The molecule has 40 heavy (non-hydrogen) atoms. The highest BCUT2D eigenvalue weighted by Crippen LogP contribution is 2.28. The number of carbonyl (C=O) groups excluding carboxylic acids is 2. The lowest BCUT2D eigenvalue weighted by Gasteiger charge is -2.33. The van der Waals surface area contributed by atoms with Gasteiger partial charge in [0.2, 0.25) is 11.8 Å². The van der Waals surface area contributed by atoms with Crippen LogP contribution in [0.2, 0.25) is 0 Å². The molecule has 212 valence electrons. The zero-order valence-corrected chi connectivity index (χ0v) is 24.6. The quantitative estimate of drug-likeness (QED) is 0.365. The summed E-state index contributed by atoms with van der Waals surface area (Å²) >= 11 is 0. The van der Waals surface area contributed by atoms with E-state index in [0.29, 0.717) is 5.69 Å². The fraction of sp³-hybridized carbons (Fsp3) is 0.375. The van der Waals surface area contributed by atoms with Crippen molar-refractivity contribution >= 4 is 27.5 Å². The van der Waals surface area contributed by atoms with Crippen molar-refractivity contribution < 1.29 is 18.0 Å². The van der Waals surface area contributed by atoms with E-state index in [1.807, 2.05) is 57.2 Å². The van der Waals surface area contributed by atoms with Gasteiger partial charge >= 0.3 is 0 Å². The standard InChI is InChI=1S/C32H39N3O4S/c1-23-14-17-27(18-15-23)21-34(26(4)32(37)33-28-10-8-9-11-28)31(36)22-35(30-19-16-24(2)20-25(30)3)40(38,39)29-12-6-5-7-13-29/h5-7,12-20,26,28H,8-11,21-22H2,1-4H3,(H,33,37)/t26-/m0/s1. The summed E-state index contributed by atoms with van der Waals surface area (Å²) in [5.74, 6) is -0.675. The fourth-order valence-corrected chi connectivity index (χ4v) is 6.68. The second kappa shape index (κ2) is 12.7. The summed E-state index contributed by atoms with van der Waals surface area (Å²) in [6, 6.07) is 20.7. The van der Waals surface area contributed by atoms with Gasteiger partial charge in [0.1, 0.15) is 12.6 Å². The minimum Gasteiger partial charge on any atom is -0.352 e. The molecule has 0 heterocycles. The molecule has 1 N–H and O–H groups in total. The molecule has 0 unspecified atom stereocenters. The Balaban J connectivity index is 1.70. The van der Waals surface area contributed by atoms with Crippen LogP contribution in [0.3, 0.4) is 0 Å². The Bertz CT molecular complexity index is 1430. The largest absolute Gasteiger partial charge is 0.352 e. The molecule has 3 aromatic carbocycles. The van der Waals surface area contributed by atoms with Crippen LogP contribution in [-0.4, -0.2) is 43.8 Å². The summed E-state index contributed by atoms with van der Waals surface area (Å²) in [6.07, 6.45) is 4.02. The summed E-state index contributed by atoms with van der Waals surface area (Å²) in [7, 11) is -4.08. The van der Waals surface area contributed by atoms with Crippen LogP contribution < -0.4 is 9.62 Å². The van der Waals surface area contributed by atoms with Crippen molar-refractivity contribution in [3.63, 3.8) is 0 Å². The van der Waals surface area contributed by atoms with Gasteiger partial charge in [-0.2, -0.15) is 0 Å². The van der Waals surface area contributed by atoms with Crippen LogP contribution in [0.4, 0.5) is 5.69 Å². The molecule has 0 spiro atoms. The van der Waals surface area contributed by atoms with Crippen molar-refractivity contribution in [1.29, 1.82) is 0 Å². The third kappa shape index (κ3) is 6.91. The average Bonchev–Trinajstić information content (AvgIpc) is 3.45. The van der Waals surface area contributed by atoms with Crippen LogP contribution in [-0.2, 0) is 26.2 Å². The molecular formula is C32H39N3O4S. The van der Waals surface area contributed by atoms with E-state index in [4.69, 9.17) is 0 Å². The Morgan fingerprint density at radius 3 is 2.15 bits per heavy atom. The highest BCUT2D eigenvalue weighted by Gasteiger charge is 2.33. The van der Waals surface area contributed by atoms with Gasteiger partial charge in [-0.05, 0) is 69.9 Å². The zero-order chi connectivity index (χ0) is 28.9. The van der Waals surface area contributed by atoms with Crippen LogP contribution in [0, 0.1) is 20.8 Å². The smallest absolute Gasteiger partial charge is 0.264 e. The lowest BCUT2D eigenvalue weighted by Crippen LogP contribution is -2.52. The molecule has 1 aliphatic carbocycles. The third-order valence-electron chi connectivity index (χ3n) is 7.57. The second-order valence-corrected chi connectivity index (χ2v) is 12.7. The van der Waals surface area contributed by atoms with Crippen molar-refractivity contribution in [3.8, 4) is 0 Å². The second-order valence-electron chi connectivity index (χ2n) is 10.8. The highest BCUT2D eigenvalue weighted by atomic mass is 32.2. The Morgan fingerprint density at radius 2 is 1.52 bits per heavy atom. The lowest BCUT2D eigenvalue weighted by molar-refractivity contribution is -0.139. The van der Waals surface area contributed by atoms with Gasteiger partial charge in [0.05, 0.1) is 10.6 Å². The molecule has 4 rings (SSSR count). The van der Waals surface area contributed by atoms with Gasteiger partial charge in [0, 0.05) is 12.6 Å². The van der Waals surface area contributed by atoms with Crippen LogP contribution in [0.15, 0.2) is 77.7 Å². The monoisotopic (exact) mass is 561 g/mol. The van der Waals surface area contributed by atoms with Gasteiger partial charge in [0.15, 0.2) is 0 Å². The van der Waals surface area contributed by atoms with Gasteiger partial charge < -0.3 is 10.2 Å². The topological polar surface area (TPSA) is 86.8 Å². The predicted octanol–water partition coefficient (Wildman–Crippen LogP) is 5.28. The lowest BCUT2D eigenvalue weighted by atomic mass is 10.1. The van der Waals surface area contributed by atoms with Gasteiger partial charge in [-0.25, -0.2) is 8.42 Å². The maximum Gasteiger partial charge on any atom is 0.264 e. The van der Waals surface area contributed by atoms with E-state index < -0.39 is 28.5 Å². The van der Waals surface area contributed by atoms with E-state index in [9.17, 15) is 18.0 Å². The Labute approximate surface area is 238 Å². The maximum atomic E-state index is 14.1. The number of nitrogens with one attached hydrogen (secondary N) is 1. The summed E-state index contributed by atoms with van der Waals surface area (Å²) < 4.78 is 29.0. The normalized spacial score (nSPS) is 14.5. The number of anilines is 1. The van der Waals surface area contributed by atoms with Crippen LogP contribution in [0.25, 0.3) is 0 Å². The van der Waals surface area contributed by atoms with E-state index in [-0.39, 0.29) is 23.4 Å². The van der Waals surface area contributed by atoms with E-state index in [1.165, 1.54) is 21.3 Å². The molecule has 8 heteroatoms. The number of carbonyl (C=O) groups is 2. The summed E-state index contributed by atoms with van der Waals surface area (Å²) in [5, 5.41) is 3.10. The molecule has 2 amide bonds. The number of sulfonamides is 1. The van der Waals surface area contributed by atoms with Crippen LogP contribution >= 0.6 is 0 Å². The highest BCUT2D eigenvalue weighted by molar-refractivity contribution is 7.92.